The maximum Gasteiger partial charge on any atom is 0.328 e. The average molecular weight is 487 g/mol. The van der Waals surface area contributed by atoms with Crippen LogP contribution in [0, 0.1) is 0 Å². The number of hydrogen-bond acceptors (Lipinski definition) is 9. The maximum atomic E-state index is 12.8. The van der Waals surface area contributed by atoms with E-state index < -0.39 is 30.6 Å². The number of allylic oxidation sites excluding steroid dienone is 1. The SMILES string of the molecule is COc1ccc(C=C2Oc3cc(OCC(=O)N[C@@H](C(=O)O)[C@@H](C)O)ccc3C2=O)c(OC)c1OC. The largest absolute Gasteiger partial charge is 0.493 e. The summed E-state index contributed by atoms with van der Waals surface area (Å²) >= 11 is 0. The van der Waals surface area contributed by atoms with Gasteiger partial charge in [0.1, 0.15) is 11.5 Å². The Morgan fingerprint density at radius 3 is 2.40 bits per heavy atom. The van der Waals surface area contributed by atoms with Crippen molar-refractivity contribution in [3.8, 4) is 28.7 Å². The predicted molar refractivity (Wildman–Crippen MR) is 122 cm³/mol. The summed E-state index contributed by atoms with van der Waals surface area (Å²) < 4.78 is 27.2. The molecule has 2 aromatic rings. The molecule has 0 radical (unpaired) electrons. The Morgan fingerprint density at radius 2 is 1.80 bits per heavy atom. The second-order valence-corrected chi connectivity index (χ2v) is 7.43. The van der Waals surface area contributed by atoms with Crippen molar-refractivity contribution >= 4 is 23.7 Å². The van der Waals surface area contributed by atoms with Crippen molar-refractivity contribution in [2.75, 3.05) is 27.9 Å². The van der Waals surface area contributed by atoms with E-state index >= 15 is 0 Å². The molecular formula is C24H25NO10. The van der Waals surface area contributed by atoms with Crippen molar-refractivity contribution < 1.29 is 48.3 Å². The van der Waals surface area contributed by atoms with Gasteiger partial charge in [-0.2, -0.15) is 0 Å². The molecule has 11 heteroatoms. The number of methoxy groups -OCH3 is 3. The zero-order valence-corrected chi connectivity index (χ0v) is 19.5. The molecule has 186 valence electrons. The molecule has 1 aliphatic rings. The first kappa shape index (κ1) is 25.4. The molecule has 2 aromatic carbocycles. The fourth-order valence-electron chi connectivity index (χ4n) is 3.39. The molecule has 1 heterocycles. The second-order valence-electron chi connectivity index (χ2n) is 7.43. The number of amides is 1. The Labute approximate surface area is 200 Å². The zero-order valence-electron chi connectivity index (χ0n) is 19.5. The Hall–Kier alpha value is -4.25. The number of aliphatic carboxylic acids is 1. The van der Waals surface area contributed by atoms with Crippen LogP contribution in [0.2, 0.25) is 0 Å². The number of Topliss-reactive ketones (excluding diaryl/α,β-unsaturated/α-hetero) is 1. The number of benzene rings is 2. The molecule has 0 saturated heterocycles. The van der Waals surface area contributed by atoms with Crippen LogP contribution in [0.4, 0.5) is 0 Å². The number of aliphatic hydroxyl groups excluding tert-OH is 1. The molecule has 0 bridgehead atoms. The number of aliphatic hydroxyl groups is 1. The van der Waals surface area contributed by atoms with Crippen molar-refractivity contribution in [3.63, 3.8) is 0 Å². The van der Waals surface area contributed by atoms with Crippen molar-refractivity contribution in [1.29, 1.82) is 0 Å². The van der Waals surface area contributed by atoms with Gasteiger partial charge in [0.2, 0.25) is 11.5 Å². The van der Waals surface area contributed by atoms with Gasteiger partial charge in [0, 0.05) is 11.6 Å². The molecule has 0 fully saturated rings. The van der Waals surface area contributed by atoms with E-state index in [1.807, 2.05) is 0 Å². The van der Waals surface area contributed by atoms with Crippen LogP contribution in [0.25, 0.3) is 6.08 Å². The molecule has 0 saturated carbocycles. The lowest BCUT2D eigenvalue weighted by Gasteiger charge is -2.17. The molecule has 0 aromatic heterocycles. The van der Waals surface area contributed by atoms with Crippen LogP contribution in [0.15, 0.2) is 36.1 Å². The third-order valence-electron chi connectivity index (χ3n) is 5.10. The van der Waals surface area contributed by atoms with Crippen LogP contribution in [-0.4, -0.2) is 68.0 Å². The quantitative estimate of drug-likeness (QED) is 0.422. The number of carbonyl (C=O) groups is 3. The fraction of sp³-hybridized carbons (Fsp3) is 0.292. The number of fused-ring (bicyclic) bond motifs is 1. The lowest BCUT2D eigenvalue weighted by molar-refractivity contribution is -0.145. The summed E-state index contributed by atoms with van der Waals surface area (Å²) in [5.41, 5.74) is 0.827. The number of ether oxygens (including phenoxy) is 5. The summed E-state index contributed by atoms with van der Waals surface area (Å²) in [6.45, 7) is 0.742. The first-order valence-electron chi connectivity index (χ1n) is 10.4. The molecule has 35 heavy (non-hydrogen) atoms. The van der Waals surface area contributed by atoms with E-state index in [9.17, 15) is 19.5 Å². The number of nitrogens with one attached hydrogen (secondary N) is 1. The third-order valence-corrected chi connectivity index (χ3v) is 5.10. The van der Waals surface area contributed by atoms with E-state index in [0.717, 1.165) is 0 Å². The second kappa shape index (κ2) is 10.8. The minimum atomic E-state index is -1.46. The molecule has 1 amide bonds. The Morgan fingerprint density at radius 1 is 1.09 bits per heavy atom. The van der Waals surface area contributed by atoms with Crippen LogP contribution < -0.4 is 29.0 Å². The Bertz CT molecular complexity index is 1170. The molecule has 11 nitrogen and oxygen atoms in total. The number of carbonyl (C=O) groups excluding carboxylic acids is 2. The van der Waals surface area contributed by atoms with Gasteiger partial charge in [-0.15, -0.1) is 0 Å². The maximum absolute atomic E-state index is 12.8. The van der Waals surface area contributed by atoms with E-state index in [-0.39, 0.29) is 23.0 Å². The van der Waals surface area contributed by atoms with Crippen LogP contribution >= 0.6 is 0 Å². The minimum Gasteiger partial charge on any atom is -0.493 e. The molecule has 0 aliphatic carbocycles. The van der Waals surface area contributed by atoms with Gasteiger partial charge in [-0.05, 0) is 37.3 Å². The highest BCUT2D eigenvalue weighted by Gasteiger charge is 2.29. The Kier molecular flexibility index (Phi) is 7.82. The van der Waals surface area contributed by atoms with E-state index in [1.165, 1.54) is 52.5 Å². The molecule has 3 N–H and O–H groups in total. The van der Waals surface area contributed by atoms with Crippen LogP contribution in [-0.2, 0) is 9.59 Å². The number of ketones is 1. The van der Waals surface area contributed by atoms with Gasteiger partial charge in [0.05, 0.1) is 33.0 Å². The molecule has 1 aliphatic heterocycles. The minimum absolute atomic E-state index is 0.0432. The average Bonchev–Trinajstić information content (AvgIpc) is 3.14. The van der Waals surface area contributed by atoms with Crippen LogP contribution in [0.1, 0.15) is 22.8 Å². The van der Waals surface area contributed by atoms with E-state index in [0.29, 0.717) is 28.4 Å². The molecule has 3 rings (SSSR count). The van der Waals surface area contributed by atoms with Crippen LogP contribution in [0.5, 0.6) is 28.7 Å². The fourth-order valence-corrected chi connectivity index (χ4v) is 3.39. The van der Waals surface area contributed by atoms with E-state index in [1.54, 1.807) is 12.1 Å². The van der Waals surface area contributed by atoms with Crippen molar-refractivity contribution in [3.05, 3.63) is 47.2 Å². The van der Waals surface area contributed by atoms with Gasteiger partial charge >= 0.3 is 5.97 Å². The summed E-state index contributed by atoms with van der Waals surface area (Å²) in [6.07, 6.45) is 0.226. The lowest BCUT2D eigenvalue weighted by Crippen LogP contribution is -2.49. The molecule has 0 unspecified atom stereocenters. The number of rotatable bonds is 10. The summed E-state index contributed by atoms with van der Waals surface area (Å²) in [5.74, 6) is -0.793. The normalized spacial score (nSPS) is 15.0. The van der Waals surface area contributed by atoms with E-state index in [2.05, 4.69) is 5.32 Å². The first-order valence-corrected chi connectivity index (χ1v) is 10.4. The van der Waals surface area contributed by atoms with E-state index in [4.69, 9.17) is 28.8 Å². The number of carboxylic acids is 1. The summed E-state index contributed by atoms with van der Waals surface area (Å²) in [5, 5.41) is 20.7. The smallest absolute Gasteiger partial charge is 0.328 e. The highest BCUT2D eigenvalue weighted by molar-refractivity contribution is 6.14. The summed E-state index contributed by atoms with van der Waals surface area (Å²) in [7, 11) is 4.43. The first-order chi connectivity index (χ1) is 16.7. The lowest BCUT2D eigenvalue weighted by atomic mass is 10.1. The molecular weight excluding hydrogens is 462 g/mol. The molecule has 2 atom stereocenters. The van der Waals surface area contributed by atoms with Crippen molar-refractivity contribution in [2.45, 2.75) is 19.1 Å². The van der Waals surface area contributed by atoms with Gasteiger partial charge in [-0.3, -0.25) is 9.59 Å². The summed E-state index contributed by atoms with van der Waals surface area (Å²) in [6, 6.07) is 6.32. The van der Waals surface area contributed by atoms with Crippen LogP contribution in [0.3, 0.4) is 0 Å². The van der Waals surface area contributed by atoms with Gasteiger partial charge in [0.15, 0.2) is 29.9 Å². The van der Waals surface area contributed by atoms with Gasteiger partial charge < -0.3 is 39.2 Å². The highest BCUT2D eigenvalue weighted by atomic mass is 16.5. The standard InChI is InChI=1S/C24H25NO10/c1-12(26)20(24(29)30)25-19(27)11-34-14-6-7-15-17(10-14)35-18(21(15)28)9-13-5-8-16(31-2)23(33-4)22(13)32-3/h5-10,12,20,26H,11H2,1-4H3,(H,25,27)(H,29,30)/t12-,20-/m1/s1. The van der Waals surface area contributed by atoms with Gasteiger partial charge in [0.25, 0.3) is 5.91 Å². The third kappa shape index (κ3) is 5.46. The zero-order chi connectivity index (χ0) is 25.7. The summed E-state index contributed by atoms with van der Waals surface area (Å²) in [4.78, 5) is 35.9. The van der Waals surface area contributed by atoms with Gasteiger partial charge in [-0.1, -0.05) is 0 Å². The predicted octanol–water partition coefficient (Wildman–Crippen LogP) is 1.66. The van der Waals surface area contributed by atoms with Crippen molar-refractivity contribution in [2.24, 2.45) is 0 Å². The number of hydrogen-bond donors (Lipinski definition) is 3. The number of carboxylic acid groups (broad SMARTS) is 1. The monoisotopic (exact) mass is 487 g/mol. The highest BCUT2D eigenvalue weighted by Crippen LogP contribution is 2.42. The van der Waals surface area contributed by atoms with Crippen molar-refractivity contribution in [1.82, 2.24) is 5.32 Å². The topological polar surface area (TPSA) is 150 Å². The Balaban J connectivity index is 1.76. The van der Waals surface area contributed by atoms with Gasteiger partial charge in [-0.25, -0.2) is 4.79 Å². The molecule has 0 spiro atoms.